The first kappa shape index (κ1) is 15.8. The molecule has 0 aliphatic carbocycles. The van der Waals surface area contributed by atoms with Gasteiger partial charge in [-0.1, -0.05) is 12.1 Å². The third kappa shape index (κ3) is 4.41. The van der Waals surface area contributed by atoms with Crippen molar-refractivity contribution in [3.8, 4) is 5.75 Å². The van der Waals surface area contributed by atoms with Crippen LogP contribution in [0.5, 0.6) is 5.75 Å². The number of aliphatic hydroxyl groups excluding tert-OH is 2. The molecule has 106 valence electrons. The van der Waals surface area contributed by atoms with E-state index in [-0.39, 0.29) is 6.42 Å². The molecule has 6 heteroatoms. The number of rotatable bonds is 7. The minimum atomic E-state index is -1.04. The standard InChI is InChI=1S/C13H18O5S/c1-18-11-6-9(13(17)10(14)4-5-19)3-2-8(11)7-12(15)16/h2-3,6,10,13-14,17,19H,4-5,7H2,1H3,(H,15,16). The number of aliphatic hydroxyl groups is 2. The van der Waals surface area contributed by atoms with Crippen molar-refractivity contribution < 1.29 is 24.9 Å². The molecule has 0 aliphatic heterocycles. The van der Waals surface area contributed by atoms with Crippen LogP contribution in [0.2, 0.25) is 0 Å². The number of hydrogen-bond acceptors (Lipinski definition) is 5. The molecule has 2 unspecified atom stereocenters. The number of carboxylic acid groups (broad SMARTS) is 1. The maximum absolute atomic E-state index is 10.7. The van der Waals surface area contributed by atoms with Crippen LogP contribution >= 0.6 is 12.6 Å². The van der Waals surface area contributed by atoms with E-state index in [1.807, 2.05) is 0 Å². The molecule has 0 heterocycles. The van der Waals surface area contributed by atoms with Gasteiger partial charge < -0.3 is 20.1 Å². The molecule has 0 spiro atoms. The first-order chi connectivity index (χ1) is 8.99. The molecule has 0 aliphatic rings. The molecule has 0 fully saturated rings. The van der Waals surface area contributed by atoms with Gasteiger partial charge in [0.1, 0.15) is 11.9 Å². The lowest BCUT2D eigenvalue weighted by molar-refractivity contribution is -0.136. The summed E-state index contributed by atoms with van der Waals surface area (Å²) in [6.45, 7) is 0. The molecule has 3 N–H and O–H groups in total. The zero-order valence-corrected chi connectivity index (χ0v) is 11.5. The van der Waals surface area contributed by atoms with Crippen molar-refractivity contribution in [1.29, 1.82) is 0 Å². The number of hydrogen-bond donors (Lipinski definition) is 4. The van der Waals surface area contributed by atoms with Crippen LogP contribution < -0.4 is 4.74 Å². The zero-order valence-electron chi connectivity index (χ0n) is 10.6. The van der Waals surface area contributed by atoms with Crippen molar-refractivity contribution in [3.05, 3.63) is 29.3 Å². The topological polar surface area (TPSA) is 87.0 Å². The third-order valence-electron chi connectivity index (χ3n) is 2.78. The Labute approximate surface area is 117 Å². The van der Waals surface area contributed by atoms with E-state index in [0.29, 0.717) is 29.1 Å². The monoisotopic (exact) mass is 286 g/mol. The highest BCUT2D eigenvalue weighted by atomic mass is 32.1. The summed E-state index contributed by atoms with van der Waals surface area (Å²) >= 11 is 4.00. The molecule has 5 nitrogen and oxygen atoms in total. The summed E-state index contributed by atoms with van der Waals surface area (Å²) in [4.78, 5) is 10.7. The van der Waals surface area contributed by atoms with E-state index in [2.05, 4.69) is 12.6 Å². The van der Waals surface area contributed by atoms with Crippen molar-refractivity contribution in [2.75, 3.05) is 12.9 Å². The van der Waals surface area contributed by atoms with Gasteiger partial charge in [-0.05, 0) is 23.8 Å². The molecule has 1 rings (SSSR count). The summed E-state index contributed by atoms with van der Waals surface area (Å²) in [5.74, 6) is -0.106. The largest absolute Gasteiger partial charge is 0.496 e. The molecule has 0 aromatic heterocycles. The lowest BCUT2D eigenvalue weighted by Crippen LogP contribution is -2.19. The third-order valence-corrected chi connectivity index (χ3v) is 3.04. The smallest absolute Gasteiger partial charge is 0.307 e. The fourth-order valence-corrected chi connectivity index (χ4v) is 2.03. The second-order valence-electron chi connectivity index (χ2n) is 4.17. The quantitative estimate of drug-likeness (QED) is 0.563. The Kier molecular flexibility index (Phi) is 6.14. The first-order valence-electron chi connectivity index (χ1n) is 5.85. The molecule has 0 saturated heterocycles. The Hall–Kier alpha value is -1.24. The van der Waals surface area contributed by atoms with Gasteiger partial charge in [-0.25, -0.2) is 0 Å². The predicted molar refractivity (Wildman–Crippen MR) is 73.8 cm³/mol. The number of benzene rings is 1. The van der Waals surface area contributed by atoms with Gasteiger partial charge in [-0.15, -0.1) is 0 Å². The van der Waals surface area contributed by atoms with E-state index < -0.39 is 18.2 Å². The normalized spacial score (nSPS) is 13.9. The van der Waals surface area contributed by atoms with Crippen molar-refractivity contribution >= 4 is 18.6 Å². The van der Waals surface area contributed by atoms with Crippen molar-refractivity contribution in [2.45, 2.75) is 25.0 Å². The Balaban J connectivity index is 2.95. The van der Waals surface area contributed by atoms with E-state index in [0.717, 1.165) is 0 Å². The molecular weight excluding hydrogens is 268 g/mol. The number of carboxylic acids is 1. The van der Waals surface area contributed by atoms with Gasteiger partial charge in [0.25, 0.3) is 0 Å². The number of aliphatic carboxylic acids is 1. The molecule has 1 aromatic rings. The number of methoxy groups -OCH3 is 1. The summed E-state index contributed by atoms with van der Waals surface area (Å²) in [5.41, 5.74) is 1.01. The SMILES string of the molecule is COc1cc(C(O)C(O)CCS)ccc1CC(=O)O. The maximum atomic E-state index is 10.7. The summed E-state index contributed by atoms with van der Waals surface area (Å²) in [6, 6.07) is 4.72. The maximum Gasteiger partial charge on any atom is 0.307 e. The van der Waals surface area contributed by atoms with Crippen LogP contribution in [-0.4, -0.2) is 40.3 Å². The highest BCUT2D eigenvalue weighted by Gasteiger charge is 2.19. The van der Waals surface area contributed by atoms with E-state index >= 15 is 0 Å². The van der Waals surface area contributed by atoms with Crippen LogP contribution in [0.25, 0.3) is 0 Å². The molecule has 1 aromatic carbocycles. The fourth-order valence-electron chi connectivity index (χ4n) is 1.77. The average Bonchev–Trinajstić information content (AvgIpc) is 2.38. The summed E-state index contributed by atoms with van der Waals surface area (Å²) < 4.78 is 5.11. The lowest BCUT2D eigenvalue weighted by Gasteiger charge is -2.18. The van der Waals surface area contributed by atoms with E-state index in [1.54, 1.807) is 18.2 Å². The van der Waals surface area contributed by atoms with Gasteiger partial charge in [-0.3, -0.25) is 4.79 Å². The van der Waals surface area contributed by atoms with Gasteiger partial charge in [0, 0.05) is 5.56 Å². The molecular formula is C13H18O5S. The van der Waals surface area contributed by atoms with E-state index in [1.165, 1.54) is 7.11 Å². The van der Waals surface area contributed by atoms with Crippen LogP contribution in [0.15, 0.2) is 18.2 Å². The van der Waals surface area contributed by atoms with Crippen LogP contribution in [0.1, 0.15) is 23.7 Å². The number of carbonyl (C=O) groups is 1. The van der Waals surface area contributed by atoms with Gasteiger partial charge in [0.15, 0.2) is 0 Å². The van der Waals surface area contributed by atoms with Crippen LogP contribution in [0, 0.1) is 0 Å². The number of ether oxygens (including phenoxy) is 1. The van der Waals surface area contributed by atoms with Crippen LogP contribution in [-0.2, 0) is 11.2 Å². The Morgan fingerprint density at radius 2 is 2.11 bits per heavy atom. The minimum absolute atomic E-state index is 0.154. The van der Waals surface area contributed by atoms with Crippen molar-refractivity contribution in [2.24, 2.45) is 0 Å². The average molecular weight is 286 g/mol. The second-order valence-corrected chi connectivity index (χ2v) is 4.61. The Morgan fingerprint density at radius 3 is 2.63 bits per heavy atom. The highest BCUT2D eigenvalue weighted by molar-refractivity contribution is 7.80. The van der Waals surface area contributed by atoms with Gasteiger partial charge in [-0.2, -0.15) is 12.6 Å². The summed E-state index contributed by atoms with van der Waals surface area (Å²) in [5, 5.41) is 28.4. The fraction of sp³-hybridized carbons (Fsp3) is 0.462. The van der Waals surface area contributed by atoms with E-state index in [9.17, 15) is 15.0 Å². The van der Waals surface area contributed by atoms with Gasteiger partial charge in [0.05, 0.1) is 19.6 Å². The molecule has 0 bridgehead atoms. The van der Waals surface area contributed by atoms with Crippen LogP contribution in [0.3, 0.4) is 0 Å². The predicted octanol–water partition coefficient (Wildman–Crippen LogP) is 1.04. The number of thiol groups is 1. The first-order valence-corrected chi connectivity index (χ1v) is 6.48. The molecule has 19 heavy (non-hydrogen) atoms. The summed E-state index contributed by atoms with van der Waals surface area (Å²) in [7, 11) is 1.43. The zero-order chi connectivity index (χ0) is 14.4. The summed E-state index contributed by atoms with van der Waals surface area (Å²) in [6.07, 6.45) is -1.74. The molecule has 0 saturated carbocycles. The Morgan fingerprint density at radius 1 is 1.42 bits per heavy atom. The van der Waals surface area contributed by atoms with E-state index in [4.69, 9.17) is 9.84 Å². The second kappa shape index (κ2) is 7.37. The van der Waals surface area contributed by atoms with Crippen LogP contribution in [0.4, 0.5) is 0 Å². The Bertz CT molecular complexity index is 435. The van der Waals surface area contributed by atoms with Gasteiger partial charge in [0.2, 0.25) is 0 Å². The van der Waals surface area contributed by atoms with Gasteiger partial charge >= 0.3 is 5.97 Å². The lowest BCUT2D eigenvalue weighted by atomic mass is 9.99. The van der Waals surface area contributed by atoms with Crippen molar-refractivity contribution in [3.63, 3.8) is 0 Å². The van der Waals surface area contributed by atoms with Crippen molar-refractivity contribution in [1.82, 2.24) is 0 Å². The molecule has 0 radical (unpaired) electrons. The minimum Gasteiger partial charge on any atom is -0.496 e. The molecule has 0 amide bonds. The molecule has 2 atom stereocenters. The highest BCUT2D eigenvalue weighted by Crippen LogP contribution is 2.27.